The molecule has 5 nitrogen and oxygen atoms in total. The summed E-state index contributed by atoms with van der Waals surface area (Å²) in [4.78, 5) is 6.89. The van der Waals surface area contributed by atoms with Gasteiger partial charge in [-0.3, -0.25) is 0 Å². The van der Waals surface area contributed by atoms with Gasteiger partial charge >= 0.3 is 0 Å². The molecule has 0 fully saturated rings. The Balaban J connectivity index is 0.00000576. The van der Waals surface area contributed by atoms with Crippen molar-refractivity contribution >= 4 is 29.9 Å². The molecule has 6 heteroatoms. The SMILES string of the molecule is CCCOc1cc(C)ccc1CN=C(NCC)NCCCN(C)C.I. The van der Waals surface area contributed by atoms with Crippen LogP contribution in [0, 0.1) is 6.92 Å². The van der Waals surface area contributed by atoms with Crippen LogP contribution in [0.1, 0.15) is 37.8 Å². The lowest BCUT2D eigenvalue weighted by molar-refractivity contribution is 0.314. The van der Waals surface area contributed by atoms with E-state index < -0.39 is 0 Å². The minimum atomic E-state index is 0. The van der Waals surface area contributed by atoms with Gasteiger partial charge in [-0.2, -0.15) is 0 Å². The second-order valence-corrected chi connectivity index (χ2v) is 6.24. The van der Waals surface area contributed by atoms with Crippen LogP contribution in [-0.4, -0.2) is 51.2 Å². The Hall–Kier alpha value is -1.02. The maximum atomic E-state index is 5.87. The average molecular weight is 462 g/mol. The summed E-state index contributed by atoms with van der Waals surface area (Å²) < 4.78 is 5.87. The summed E-state index contributed by atoms with van der Waals surface area (Å²) in [6.45, 7) is 10.5. The number of aliphatic imine (C=N–C) groups is 1. The van der Waals surface area contributed by atoms with Crippen molar-refractivity contribution in [3.05, 3.63) is 29.3 Å². The van der Waals surface area contributed by atoms with Crippen molar-refractivity contribution in [1.82, 2.24) is 15.5 Å². The highest BCUT2D eigenvalue weighted by Gasteiger charge is 2.05. The van der Waals surface area contributed by atoms with E-state index in [1.807, 2.05) is 0 Å². The lowest BCUT2D eigenvalue weighted by Gasteiger charge is -2.14. The molecule has 0 spiro atoms. The summed E-state index contributed by atoms with van der Waals surface area (Å²) in [6, 6.07) is 6.32. The van der Waals surface area contributed by atoms with Gasteiger partial charge in [0.15, 0.2) is 5.96 Å². The van der Waals surface area contributed by atoms with Gasteiger partial charge in [0.05, 0.1) is 13.2 Å². The molecule has 1 aromatic carbocycles. The van der Waals surface area contributed by atoms with Gasteiger partial charge in [0.25, 0.3) is 0 Å². The number of halogens is 1. The topological polar surface area (TPSA) is 48.9 Å². The Labute approximate surface area is 170 Å². The lowest BCUT2D eigenvalue weighted by Crippen LogP contribution is -2.38. The third kappa shape index (κ3) is 10.5. The fourth-order valence-corrected chi connectivity index (χ4v) is 2.25. The molecule has 0 unspecified atom stereocenters. The number of hydrogen-bond acceptors (Lipinski definition) is 3. The van der Waals surface area contributed by atoms with Crippen molar-refractivity contribution in [2.24, 2.45) is 4.99 Å². The van der Waals surface area contributed by atoms with Gasteiger partial charge in [0.1, 0.15) is 5.75 Å². The Morgan fingerprint density at radius 3 is 2.60 bits per heavy atom. The summed E-state index contributed by atoms with van der Waals surface area (Å²) in [6.07, 6.45) is 2.10. The van der Waals surface area contributed by atoms with E-state index in [9.17, 15) is 0 Å². The zero-order valence-corrected chi connectivity index (χ0v) is 18.7. The fraction of sp³-hybridized carbons (Fsp3) is 0.632. The van der Waals surface area contributed by atoms with E-state index in [-0.39, 0.29) is 24.0 Å². The fourth-order valence-electron chi connectivity index (χ4n) is 2.25. The molecule has 0 aliphatic rings. The van der Waals surface area contributed by atoms with Gasteiger partial charge in [-0.05, 0) is 59.0 Å². The molecule has 1 aromatic rings. The maximum absolute atomic E-state index is 5.87. The molecule has 0 amide bonds. The predicted molar refractivity (Wildman–Crippen MR) is 118 cm³/mol. The van der Waals surface area contributed by atoms with Crippen LogP contribution >= 0.6 is 24.0 Å². The zero-order valence-electron chi connectivity index (χ0n) is 16.4. The Bertz CT molecular complexity index is 506. The standard InChI is InChI=1S/C19H34N4O.HI/c1-6-13-24-18-14-16(3)9-10-17(18)15-22-19(20-7-2)21-11-8-12-23(4)5;/h9-10,14H,6-8,11-13,15H2,1-5H3,(H2,20,21,22);1H. The first-order chi connectivity index (χ1) is 11.6. The molecule has 0 aliphatic heterocycles. The number of rotatable bonds is 10. The summed E-state index contributed by atoms with van der Waals surface area (Å²) in [5.41, 5.74) is 2.34. The number of hydrogen-bond donors (Lipinski definition) is 2. The van der Waals surface area contributed by atoms with Gasteiger partial charge in [-0.25, -0.2) is 4.99 Å². The van der Waals surface area contributed by atoms with Crippen LogP contribution in [0.4, 0.5) is 0 Å². The van der Waals surface area contributed by atoms with Crippen molar-refractivity contribution < 1.29 is 4.74 Å². The molecular formula is C19H35IN4O. The number of benzene rings is 1. The summed E-state index contributed by atoms with van der Waals surface area (Å²) in [7, 11) is 4.18. The number of nitrogens with zero attached hydrogens (tertiary/aromatic N) is 2. The van der Waals surface area contributed by atoms with Gasteiger partial charge in [-0.15, -0.1) is 24.0 Å². The van der Waals surface area contributed by atoms with Gasteiger partial charge < -0.3 is 20.3 Å². The first-order valence-electron chi connectivity index (χ1n) is 8.96. The highest BCUT2D eigenvalue weighted by atomic mass is 127. The Kier molecular flexibility index (Phi) is 13.6. The van der Waals surface area contributed by atoms with E-state index in [1.165, 1.54) is 5.56 Å². The molecule has 0 heterocycles. The molecule has 0 aliphatic carbocycles. The Morgan fingerprint density at radius 2 is 1.96 bits per heavy atom. The molecule has 1 rings (SSSR count). The molecular weight excluding hydrogens is 427 g/mol. The predicted octanol–water partition coefficient (Wildman–Crippen LogP) is 3.41. The van der Waals surface area contributed by atoms with Crippen LogP contribution in [-0.2, 0) is 6.54 Å². The largest absolute Gasteiger partial charge is 0.493 e. The zero-order chi connectivity index (χ0) is 17.8. The van der Waals surface area contributed by atoms with E-state index in [0.29, 0.717) is 6.54 Å². The van der Waals surface area contributed by atoms with Crippen molar-refractivity contribution in [3.8, 4) is 5.75 Å². The summed E-state index contributed by atoms with van der Waals surface area (Å²) in [5.74, 6) is 1.81. The minimum Gasteiger partial charge on any atom is -0.493 e. The Morgan fingerprint density at radius 1 is 1.20 bits per heavy atom. The van der Waals surface area contributed by atoms with Crippen LogP contribution in [0.3, 0.4) is 0 Å². The molecule has 0 radical (unpaired) electrons. The van der Waals surface area contributed by atoms with Crippen LogP contribution in [0.25, 0.3) is 0 Å². The van der Waals surface area contributed by atoms with Crippen LogP contribution < -0.4 is 15.4 Å². The van der Waals surface area contributed by atoms with Crippen molar-refractivity contribution in [2.75, 3.05) is 40.3 Å². The molecule has 2 N–H and O–H groups in total. The number of aryl methyl sites for hydroxylation is 1. The smallest absolute Gasteiger partial charge is 0.191 e. The quantitative estimate of drug-likeness (QED) is 0.242. The van der Waals surface area contributed by atoms with E-state index in [2.05, 4.69) is 68.6 Å². The number of ether oxygens (including phenoxy) is 1. The minimum absolute atomic E-state index is 0. The maximum Gasteiger partial charge on any atom is 0.191 e. The highest BCUT2D eigenvalue weighted by Crippen LogP contribution is 2.21. The molecule has 0 atom stereocenters. The molecule has 25 heavy (non-hydrogen) atoms. The average Bonchev–Trinajstić information content (AvgIpc) is 2.55. The molecule has 0 bridgehead atoms. The molecule has 0 saturated heterocycles. The second-order valence-electron chi connectivity index (χ2n) is 6.24. The van der Waals surface area contributed by atoms with Gasteiger partial charge in [0.2, 0.25) is 0 Å². The van der Waals surface area contributed by atoms with Crippen molar-refractivity contribution in [2.45, 2.75) is 40.2 Å². The second kappa shape index (κ2) is 14.2. The summed E-state index contributed by atoms with van der Waals surface area (Å²) in [5, 5.41) is 6.69. The first-order valence-corrected chi connectivity index (χ1v) is 8.96. The lowest BCUT2D eigenvalue weighted by atomic mass is 10.1. The molecule has 144 valence electrons. The number of guanidine groups is 1. The van der Waals surface area contributed by atoms with E-state index in [4.69, 9.17) is 9.73 Å². The van der Waals surface area contributed by atoms with Gasteiger partial charge in [-0.1, -0.05) is 19.1 Å². The van der Waals surface area contributed by atoms with Gasteiger partial charge in [0, 0.05) is 18.7 Å². The van der Waals surface area contributed by atoms with Crippen LogP contribution in [0.15, 0.2) is 23.2 Å². The molecule has 0 aromatic heterocycles. The third-order valence-corrected chi connectivity index (χ3v) is 3.51. The number of nitrogens with one attached hydrogen (secondary N) is 2. The summed E-state index contributed by atoms with van der Waals surface area (Å²) >= 11 is 0. The van der Waals surface area contributed by atoms with E-state index in [1.54, 1.807) is 0 Å². The van der Waals surface area contributed by atoms with Crippen molar-refractivity contribution in [1.29, 1.82) is 0 Å². The third-order valence-electron chi connectivity index (χ3n) is 3.51. The molecule has 0 saturated carbocycles. The monoisotopic (exact) mass is 462 g/mol. The normalized spacial score (nSPS) is 11.2. The van der Waals surface area contributed by atoms with E-state index in [0.717, 1.165) is 56.4 Å². The van der Waals surface area contributed by atoms with Crippen LogP contribution in [0.2, 0.25) is 0 Å². The van der Waals surface area contributed by atoms with Crippen molar-refractivity contribution in [3.63, 3.8) is 0 Å². The highest BCUT2D eigenvalue weighted by molar-refractivity contribution is 14.0. The first kappa shape index (κ1) is 24.0. The van der Waals surface area contributed by atoms with Crippen LogP contribution in [0.5, 0.6) is 5.75 Å². The van der Waals surface area contributed by atoms with E-state index >= 15 is 0 Å².